The number of sulfonamides is 1. The number of hydrogen-bond acceptors (Lipinski definition) is 6. The van der Waals surface area contributed by atoms with Crippen LogP contribution in [0.15, 0.2) is 47.6 Å². The molecule has 0 aliphatic carbocycles. The monoisotopic (exact) mass is 376 g/mol. The summed E-state index contributed by atoms with van der Waals surface area (Å²) in [6, 6.07) is 11.6. The van der Waals surface area contributed by atoms with Crippen molar-refractivity contribution in [3.8, 4) is 17.2 Å². The molecule has 0 radical (unpaired) electrons. The molecule has 7 nitrogen and oxygen atoms in total. The average Bonchev–Trinajstić information content (AvgIpc) is 3.08. The van der Waals surface area contributed by atoms with Gasteiger partial charge in [0.2, 0.25) is 10.0 Å². The summed E-state index contributed by atoms with van der Waals surface area (Å²) in [4.78, 5) is 0. The summed E-state index contributed by atoms with van der Waals surface area (Å²) in [5, 5.41) is 14.1. The van der Waals surface area contributed by atoms with Crippen LogP contribution in [0.2, 0.25) is 0 Å². The molecule has 8 heteroatoms. The molecule has 0 amide bonds. The zero-order chi connectivity index (χ0) is 18.9. The Kier molecular flexibility index (Phi) is 4.78. The Morgan fingerprint density at radius 3 is 2.38 bits per heavy atom. The van der Waals surface area contributed by atoms with Gasteiger partial charge in [0.25, 0.3) is 0 Å². The van der Waals surface area contributed by atoms with Crippen LogP contribution in [0, 0.1) is 0 Å². The number of hydrazone groups is 1. The van der Waals surface area contributed by atoms with Gasteiger partial charge >= 0.3 is 0 Å². The molecular formula is C18H20N2O5S. The van der Waals surface area contributed by atoms with Gasteiger partial charge in [0.05, 0.1) is 32.2 Å². The van der Waals surface area contributed by atoms with E-state index in [1.807, 2.05) is 12.1 Å². The topological polar surface area (TPSA) is 88.4 Å². The summed E-state index contributed by atoms with van der Waals surface area (Å²) in [5.74, 6) is 1.02. The Morgan fingerprint density at radius 1 is 1.12 bits per heavy atom. The lowest BCUT2D eigenvalue weighted by molar-refractivity contribution is 0.373. The van der Waals surface area contributed by atoms with Gasteiger partial charge in [-0.15, -0.1) is 0 Å². The largest absolute Gasteiger partial charge is 0.504 e. The number of ether oxygens (including phenoxy) is 2. The Labute approximate surface area is 152 Å². The number of hydrogen-bond donors (Lipinski definition) is 1. The molecule has 2 aromatic carbocycles. The number of nitrogens with zero attached hydrogens (tertiary/aromatic N) is 2. The minimum absolute atomic E-state index is 0.0153. The quantitative estimate of drug-likeness (QED) is 0.866. The normalized spacial score (nSPS) is 17.1. The Hall–Kier alpha value is -2.74. The van der Waals surface area contributed by atoms with E-state index in [9.17, 15) is 13.5 Å². The number of phenols is 1. The van der Waals surface area contributed by atoms with E-state index in [0.717, 1.165) is 16.2 Å². The van der Waals surface area contributed by atoms with Crippen LogP contribution in [0.25, 0.3) is 0 Å². The Morgan fingerprint density at radius 2 is 1.81 bits per heavy atom. The number of benzene rings is 2. The van der Waals surface area contributed by atoms with Crippen LogP contribution in [0.3, 0.4) is 0 Å². The van der Waals surface area contributed by atoms with Gasteiger partial charge in [-0.2, -0.15) is 9.52 Å². The first-order valence-corrected chi connectivity index (χ1v) is 9.76. The minimum Gasteiger partial charge on any atom is -0.504 e. The van der Waals surface area contributed by atoms with E-state index < -0.39 is 16.1 Å². The first-order valence-electron chi connectivity index (χ1n) is 7.91. The summed E-state index contributed by atoms with van der Waals surface area (Å²) in [7, 11) is -0.514. The summed E-state index contributed by atoms with van der Waals surface area (Å²) in [5.41, 5.74) is 2.12. The standard InChI is InChI=1S/C18H20N2O5S/c1-24-14-7-4-12(5-8-14)16-11-15(19-20(16)26(3,22)23)13-6-9-17(21)18(10-13)25-2/h4-10,16,21H,11H2,1-3H3. The molecule has 0 aromatic heterocycles. The molecule has 1 N–H and O–H groups in total. The zero-order valence-corrected chi connectivity index (χ0v) is 15.5. The Bertz CT molecular complexity index is 939. The highest BCUT2D eigenvalue weighted by Gasteiger charge is 2.34. The number of phenolic OH excluding ortho intramolecular Hbond substituents is 1. The fourth-order valence-electron chi connectivity index (χ4n) is 2.90. The van der Waals surface area contributed by atoms with Crippen LogP contribution >= 0.6 is 0 Å². The zero-order valence-electron chi connectivity index (χ0n) is 14.7. The molecule has 1 aliphatic rings. The van der Waals surface area contributed by atoms with E-state index in [1.165, 1.54) is 13.2 Å². The van der Waals surface area contributed by atoms with Gasteiger partial charge in [-0.25, -0.2) is 8.42 Å². The molecule has 3 rings (SSSR count). The second kappa shape index (κ2) is 6.87. The van der Waals surface area contributed by atoms with Crippen molar-refractivity contribution >= 4 is 15.7 Å². The van der Waals surface area contributed by atoms with Crippen molar-refractivity contribution < 1.29 is 23.0 Å². The van der Waals surface area contributed by atoms with Crippen LogP contribution in [0.4, 0.5) is 0 Å². The van der Waals surface area contributed by atoms with Gasteiger partial charge in [0.15, 0.2) is 11.5 Å². The highest BCUT2D eigenvalue weighted by Crippen LogP contribution is 2.36. The lowest BCUT2D eigenvalue weighted by Crippen LogP contribution is -2.25. The molecule has 1 aliphatic heterocycles. The van der Waals surface area contributed by atoms with Gasteiger partial charge < -0.3 is 14.6 Å². The van der Waals surface area contributed by atoms with E-state index >= 15 is 0 Å². The van der Waals surface area contributed by atoms with Crippen molar-refractivity contribution in [3.63, 3.8) is 0 Å². The van der Waals surface area contributed by atoms with Crippen LogP contribution in [-0.4, -0.2) is 44.1 Å². The molecule has 1 atom stereocenters. The second-order valence-corrected chi connectivity index (χ2v) is 7.80. The number of rotatable bonds is 5. The van der Waals surface area contributed by atoms with Crippen LogP contribution < -0.4 is 9.47 Å². The molecule has 1 heterocycles. The molecule has 0 saturated heterocycles. The third-order valence-electron chi connectivity index (χ3n) is 4.23. The molecule has 0 bridgehead atoms. The SMILES string of the molecule is COc1ccc(C2CC(c3ccc(O)c(OC)c3)=NN2S(C)(=O)=O)cc1. The van der Waals surface area contributed by atoms with E-state index in [1.54, 1.807) is 31.4 Å². The van der Waals surface area contributed by atoms with E-state index in [4.69, 9.17) is 9.47 Å². The first-order chi connectivity index (χ1) is 12.3. The van der Waals surface area contributed by atoms with Gasteiger partial charge in [-0.1, -0.05) is 12.1 Å². The molecule has 0 fully saturated rings. The Balaban J connectivity index is 1.99. The summed E-state index contributed by atoms with van der Waals surface area (Å²) in [6.45, 7) is 0. The van der Waals surface area contributed by atoms with Crippen molar-refractivity contribution in [1.82, 2.24) is 4.41 Å². The van der Waals surface area contributed by atoms with Crippen molar-refractivity contribution in [2.75, 3.05) is 20.5 Å². The van der Waals surface area contributed by atoms with Crippen LogP contribution in [0.1, 0.15) is 23.6 Å². The summed E-state index contributed by atoms with van der Waals surface area (Å²) >= 11 is 0. The van der Waals surface area contributed by atoms with Crippen molar-refractivity contribution in [1.29, 1.82) is 0 Å². The van der Waals surface area contributed by atoms with Crippen molar-refractivity contribution in [2.24, 2.45) is 5.10 Å². The summed E-state index contributed by atoms with van der Waals surface area (Å²) < 4.78 is 35.9. The molecule has 26 heavy (non-hydrogen) atoms. The number of aromatic hydroxyl groups is 1. The van der Waals surface area contributed by atoms with E-state index in [-0.39, 0.29) is 5.75 Å². The van der Waals surface area contributed by atoms with Gasteiger partial charge in [-0.05, 0) is 35.9 Å². The maximum absolute atomic E-state index is 12.2. The molecule has 2 aromatic rings. The van der Waals surface area contributed by atoms with E-state index in [0.29, 0.717) is 29.2 Å². The lowest BCUT2D eigenvalue weighted by Gasteiger charge is -2.21. The van der Waals surface area contributed by atoms with Crippen LogP contribution in [-0.2, 0) is 10.0 Å². The summed E-state index contributed by atoms with van der Waals surface area (Å²) in [6.07, 6.45) is 1.54. The van der Waals surface area contributed by atoms with E-state index in [2.05, 4.69) is 5.10 Å². The highest BCUT2D eigenvalue weighted by atomic mass is 32.2. The fourth-order valence-corrected chi connectivity index (χ4v) is 3.81. The smallest absolute Gasteiger partial charge is 0.247 e. The molecule has 0 saturated carbocycles. The minimum atomic E-state index is -3.55. The molecule has 1 unspecified atom stereocenters. The van der Waals surface area contributed by atoms with Gasteiger partial charge in [0, 0.05) is 12.0 Å². The predicted molar refractivity (Wildman–Crippen MR) is 98.2 cm³/mol. The second-order valence-electron chi connectivity index (χ2n) is 5.96. The third kappa shape index (κ3) is 3.45. The number of methoxy groups -OCH3 is 2. The maximum Gasteiger partial charge on any atom is 0.247 e. The molecule has 138 valence electrons. The first kappa shape index (κ1) is 18.1. The predicted octanol–water partition coefficient (Wildman–Crippen LogP) is 2.52. The molecular weight excluding hydrogens is 356 g/mol. The highest BCUT2D eigenvalue weighted by molar-refractivity contribution is 7.88. The van der Waals surface area contributed by atoms with Crippen molar-refractivity contribution in [3.05, 3.63) is 53.6 Å². The fraction of sp³-hybridized carbons (Fsp3) is 0.278. The van der Waals surface area contributed by atoms with Gasteiger partial charge in [-0.3, -0.25) is 0 Å². The lowest BCUT2D eigenvalue weighted by atomic mass is 9.99. The average molecular weight is 376 g/mol. The van der Waals surface area contributed by atoms with Gasteiger partial charge in [0.1, 0.15) is 5.75 Å². The van der Waals surface area contributed by atoms with Crippen molar-refractivity contribution in [2.45, 2.75) is 12.5 Å². The maximum atomic E-state index is 12.2. The third-order valence-corrected chi connectivity index (χ3v) is 5.24. The molecule has 0 spiro atoms. The van der Waals surface area contributed by atoms with Crippen LogP contribution in [0.5, 0.6) is 17.2 Å².